The lowest BCUT2D eigenvalue weighted by Gasteiger charge is -2.16. The van der Waals surface area contributed by atoms with Gasteiger partial charge in [-0.2, -0.15) is 0 Å². The van der Waals surface area contributed by atoms with Crippen molar-refractivity contribution in [3.63, 3.8) is 0 Å². The fraction of sp³-hybridized carbons (Fsp3) is 0.625. The molecule has 1 saturated carbocycles. The molecule has 1 aromatic rings. The Balaban J connectivity index is 2.09. The average Bonchev–Trinajstić information content (AvgIpc) is 3.14. The highest BCUT2D eigenvalue weighted by Gasteiger charge is 2.20. The Morgan fingerprint density at radius 3 is 2.61 bits per heavy atom. The first kappa shape index (κ1) is 13.4. The van der Waals surface area contributed by atoms with Gasteiger partial charge in [0.15, 0.2) is 0 Å². The standard InChI is InChI=1S/C16H25NO/c1-11(2)15-8-14(10-17-9-13-5-6-13)12(3)7-16(15)18-4/h7-8,11,13,17H,5-6,9-10H2,1-4H3. The molecule has 0 amide bonds. The number of benzene rings is 1. The zero-order valence-corrected chi connectivity index (χ0v) is 12.0. The van der Waals surface area contributed by atoms with Gasteiger partial charge in [-0.1, -0.05) is 19.9 Å². The summed E-state index contributed by atoms with van der Waals surface area (Å²) >= 11 is 0. The van der Waals surface area contributed by atoms with Crippen LogP contribution in [-0.2, 0) is 6.54 Å². The van der Waals surface area contributed by atoms with E-state index in [9.17, 15) is 0 Å². The third-order valence-corrected chi connectivity index (χ3v) is 3.76. The monoisotopic (exact) mass is 247 g/mol. The second-order valence-corrected chi connectivity index (χ2v) is 5.75. The van der Waals surface area contributed by atoms with Gasteiger partial charge in [0.2, 0.25) is 0 Å². The molecule has 0 aliphatic heterocycles. The molecule has 2 rings (SSSR count). The van der Waals surface area contributed by atoms with Crippen LogP contribution < -0.4 is 10.1 Å². The van der Waals surface area contributed by atoms with Crippen LogP contribution in [0.2, 0.25) is 0 Å². The minimum Gasteiger partial charge on any atom is -0.496 e. The molecule has 2 nitrogen and oxygen atoms in total. The van der Waals surface area contributed by atoms with Crippen LogP contribution in [0.3, 0.4) is 0 Å². The van der Waals surface area contributed by atoms with E-state index in [2.05, 4.69) is 38.2 Å². The van der Waals surface area contributed by atoms with Crippen molar-refractivity contribution in [1.82, 2.24) is 5.32 Å². The Hall–Kier alpha value is -1.02. The molecule has 1 aromatic carbocycles. The molecule has 0 unspecified atom stereocenters. The van der Waals surface area contributed by atoms with Gasteiger partial charge < -0.3 is 10.1 Å². The molecule has 1 fully saturated rings. The zero-order chi connectivity index (χ0) is 13.1. The molecular formula is C16H25NO. The van der Waals surface area contributed by atoms with Gasteiger partial charge in [-0.05, 0) is 60.9 Å². The van der Waals surface area contributed by atoms with E-state index < -0.39 is 0 Å². The van der Waals surface area contributed by atoms with Crippen molar-refractivity contribution >= 4 is 0 Å². The van der Waals surface area contributed by atoms with Crippen molar-refractivity contribution in [1.29, 1.82) is 0 Å². The fourth-order valence-electron chi connectivity index (χ4n) is 2.30. The van der Waals surface area contributed by atoms with Crippen LogP contribution in [0.1, 0.15) is 49.3 Å². The second kappa shape index (κ2) is 5.75. The average molecular weight is 247 g/mol. The van der Waals surface area contributed by atoms with E-state index in [0.29, 0.717) is 5.92 Å². The predicted octanol–water partition coefficient (Wildman–Crippen LogP) is 3.63. The summed E-state index contributed by atoms with van der Waals surface area (Å²) in [5.41, 5.74) is 4.03. The number of hydrogen-bond donors (Lipinski definition) is 1. The highest BCUT2D eigenvalue weighted by atomic mass is 16.5. The number of hydrogen-bond acceptors (Lipinski definition) is 2. The lowest BCUT2D eigenvalue weighted by molar-refractivity contribution is 0.407. The Morgan fingerprint density at radius 1 is 1.33 bits per heavy atom. The van der Waals surface area contributed by atoms with Crippen LogP contribution in [-0.4, -0.2) is 13.7 Å². The molecule has 1 N–H and O–H groups in total. The lowest BCUT2D eigenvalue weighted by Crippen LogP contribution is -2.17. The highest BCUT2D eigenvalue weighted by Crippen LogP contribution is 2.30. The molecule has 0 bridgehead atoms. The first-order valence-electron chi connectivity index (χ1n) is 7.00. The summed E-state index contributed by atoms with van der Waals surface area (Å²) in [6, 6.07) is 4.47. The Morgan fingerprint density at radius 2 is 2.06 bits per heavy atom. The van der Waals surface area contributed by atoms with Gasteiger partial charge in [0.05, 0.1) is 7.11 Å². The summed E-state index contributed by atoms with van der Waals surface area (Å²) in [6.45, 7) is 8.75. The first-order chi connectivity index (χ1) is 8.61. The SMILES string of the molecule is COc1cc(C)c(CNCC2CC2)cc1C(C)C. The molecule has 1 aliphatic carbocycles. The number of ether oxygens (including phenoxy) is 1. The molecule has 18 heavy (non-hydrogen) atoms. The van der Waals surface area contributed by atoms with Crippen molar-refractivity contribution in [3.05, 3.63) is 28.8 Å². The number of nitrogens with one attached hydrogen (secondary N) is 1. The van der Waals surface area contributed by atoms with Crippen LogP contribution >= 0.6 is 0 Å². The predicted molar refractivity (Wildman–Crippen MR) is 76.3 cm³/mol. The van der Waals surface area contributed by atoms with E-state index >= 15 is 0 Å². The molecule has 2 heteroatoms. The smallest absolute Gasteiger partial charge is 0.122 e. The minimum absolute atomic E-state index is 0.503. The lowest BCUT2D eigenvalue weighted by atomic mass is 9.96. The summed E-state index contributed by atoms with van der Waals surface area (Å²) in [7, 11) is 1.76. The maximum absolute atomic E-state index is 5.47. The zero-order valence-electron chi connectivity index (χ0n) is 12.0. The molecule has 1 aliphatic rings. The van der Waals surface area contributed by atoms with E-state index in [1.54, 1.807) is 7.11 Å². The third-order valence-electron chi connectivity index (χ3n) is 3.76. The maximum atomic E-state index is 5.47. The molecule has 0 radical (unpaired) electrons. The van der Waals surface area contributed by atoms with E-state index in [0.717, 1.165) is 18.2 Å². The summed E-state index contributed by atoms with van der Waals surface area (Å²) in [5.74, 6) is 2.46. The van der Waals surface area contributed by atoms with E-state index in [4.69, 9.17) is 4.74 Å². The molecule has 0 atom stereocenters. The summed E-state index contributed by atoms with van der Waals surface area (Å²) in [4.78, 5) is 0. The van der Waals surface area contributed by atoms with Gasteiger partial charge in [0.1, 0.15) is 5.75 Å². The van der Waals surface area contributed by atoms with Gasteiger partial charge in [0.25, 0.3) is 0 Å². The van der Waals surface area contributed by atoms with Gasteiger partial charge in [-0.15, -0.1) is 0 Å². The normalized spacial score (nSPS) is 15.2. The van der Waals surface area contributed by atoms with Crippen molar-refractivity contribution < 1.29 is 4.74 Å². The summed E-state index contributed by atoms with van der Waals surface area (Å²) in [5, 5.41) is 3.57. The van der Waals surface area contributed by atoms with Crippen LogP contribution in [0, 0.1) is 12.8 Å². The van der Waals surface area contributed by atoms with E-state index in [-0.39, 0.29) is 0 Å². The van der Waals surface area contributed by atoms with Crippen molar-refractivity contribution in [2.24, 2.45) is 5.92 Å². The van der Waals surface area contributed by atoms with Gasteiger partial charge in [-0.25, -0.2) is 0 Å². The number of rotatable bonds is 6. The molecular weight excluding hydrogens is 222 g/mol. The van der Waals surface area contributed by atoms with Crippen molar-refractivity contribution in [2.45, 2.75) is 46.1 Å². The minimum atomic E-state index is 0.503. The van der Waals surface area contributed by atoms with Gasteiger partial charge in [-0.3, -0.25) is 0 Å². The van der Waals surface area contributed by atoms with Crippen LogP contribution in [0.15, 0.2) is 12.1 Å². The second-order valence-electron chi connectivity index (χ2n) is 5.75. The first-order valence-corrected chi connectivity index (χ1v) is 7.00. The Labute approximate surface area is 111 Å². The Bertz CT molecular complexity index is 408. The highest BCUT2D eigenvalue weighted by molar-refractivity contribution is 5.43. The molecule has 0 heterocycles. The third kappa shape index (κ3) is 3.26. The van der Waals surface area contributed by atoms with Gasteiger partial charge >= 0.3 is 0 Å². The van der Waals surface area contributed by atoms with Crippen LogP contribution in [0.25, 0.3) is 0 Å². The largest absolute Gasteiger partial charge is 0.496 e. The van der Waals surface area contributed by atoms with E-state index in [1.165, 1.54) is 36.1 Å². The van der Waals surface area contributed by atoms with E-state index in [1.807, 2.05) is 0 Å². The quantitative estimate of drug-likeness (QED) is 0.829. The summed E-state index contributed by atoms with van der Waals surface area (Å²) in [6.07, 6.45) is 2.82. The van der Waals surface area contributed by atoms with Crippen molar-refractivity contribution in [3.8, 4) is 5.75 Å². The molecule has 0 aromatic heterocycles. The van der Waals surface area contributed by atoms with Crippen LogP contribution in [0.5, 0.6) is 5.75 Å². The summed E-state index contributed by atoms with van der Waals surface area (Å²) < 4.78 is 5.47. The fourth-order valence-corrected chi connectivity index (χ4v) is 2.30. The topological polar surface area (TPSA) is 21.3 Å². The number of aryl methyl sites for hydroxylation is 1. The van der Waals surface area contributed by atoms with Gasteiger partial charge in [0, 0.05) is 6.54 Å². The Kier molecular flexibility index (Phi) is 4.28. The maximum Gasteiger partial charge on any atom is 0.122 e. The molecule has 0 spiro atoms. The molecule has 100 valence electrons. The number of methoxy groups -OCH3 is 1. The molecule has 0 saturated heterocycles. The van der Waals surface area contributed by atoms with Crippen LogP contribution in [0.4, 0.5) is 0 Å². The van der Waals surface area contributed by atoms with Crippen molar-refractivity contribution in [2.75, 3.05) is 13.7 Å².